The second-order valence-electron chi connectivity index (χ2n) is 4.72. The highest BCUT2D eigenvalue weighted by molar-refractivity contribution is 7.89. The van der Waals surface area contributed by atoms with Gasteiger partial charge in [0.15, 0.2) is 0 Å². The summed E-state index contributed by atoms with van der Waals surface area (Å²) in [5.41, 5.74) is -0.389. The van der Waals surface area contributed by atoms with Crippen LogP contribution in [0.5, 0.6) is 0 Å². The van der Waals surface area contributed by atoms with Gasteiger partial charge in [0.05, 0.1) is 10.5 Å². The summed E-state index contributed by atoms with van der Waals surface area (Å²) in [7, 11) is -4.07. The van der Waals surface area contributed by atoms with Crippen LogP contribution in [-0.4, -0.2) is 36.4 Å². The van der Waals surface area contributed by atoms with E-state index in [1.807, 2.05) is 0 Å². The third-order valence-electron chi connectivity index (χ3n) is 3.40. The lowest BCUT2D eigenvalue weighted by molar-refractivity contribution is -0.142. The predicted molar refractivity (Wildman–Crippen MR) is 70.3 cm³/mol. The lowest BCUT2D eigenvalue weighted by Crippen LogP contribution is -2.47. The Kier molecular flexibility index (Phi) is 4.25. The molecule has 0 amide bonds. The van der Waals surface area contributed by atoms with Crippen LogP contribution in [0, 0.1) is 17.1 Å². The van der Waals surface area contributed by atoms with Gasteiger partial charge in [-0.3, -0.25) is 4.79 Å². The van der Waals surface area contributed by atoms with E-state index in [-0.39, 0.29) is 23.4 Å². The molecule has 1 saturated heterocycles. The summed E-state index contributed by atoms with van der Waals surface area (Å²) in [6.07, 6.45) is 1.44. The number of hydrogen-bond acceptors (Lipinski definition) is 4. The molecule has 2 rings (SSSR count). The molecule has 112 valence electrons. The Morgan fingerprint density at radius 2 is 2.14 bits per heavy atom. The van der Waals surface area contributed by atoms with Crippen molar-refractivity contribution in [2.75, 3.05) is 6.54 Å². The minimum absolute atomic E-state index is 0.0958. The fourth-order valence-electron chi connectivity index (χ4n) is 2.33. The second-order valence-corrected chi connectivity index (χ2v) is 6.61. The number of hydrogen-bond donors (Lipinski definition) is 1. The van der Waals surface area contributed by atoms with Crippen LogP contribution >= 0.6 is 0 Å². The highest BCUT2D eigenvalue weighted by Crippen LogP contribution is 2.26. The molecular weight excluding hydrogens is 299 g/mol. The largest absolute Gasteiger partial charge is 0.480 e. The van der Waals surface area contributed by atoms with E-state index in [0.717, 1.165) is 22.5 Å². The van der Waals surface area contributed by atoms with E-state index in [1.165, 1.54) is 0 Å². The number of piperidine rings is 1. The summed E-state index contributed by atoms with van der Waals surface area (Å²) in [4.78, 5) is 10.9. The Morgan fingerprint density at radius 3 is 2.76 bits per heavy atom. The molecule has 1 aromatic carbocycles. The molecule has 6 nitrogen and oxygen atoms in total. The van der Waals surface area contributed by atoms with Crippen LogP contribution in [0.15, 0.2) is 23.1 Å². The Morgan fingerprint density at radius 1 is 1.43 bits per heavy atom. The van der Waals surface area contributed by atoms with Crippen molar-refractivity contribution < 1.29 is 22.7 Å². The van der Waals surface area contributed by atoms with Gasteiger partial charge in [0.1, 0.15) is 17.9 Å². The maximum Gasteiger partial charge on any atom is 0.322 e. The average Bonchev–Trinajstić information content (AvgIpc) is 2.47. The van der Waals surface area contributed by atoms with Crippen LogP contribution in [0.3, 0.4) is 0 Å². The summed E-state index contributed by atoms with van der Waals surface area (Å²) in [6, 6.07) is 3.31. The normalized spacial score (nSPS) is 19.9. The van der Waals surface area contributed by atoms with Gasteiger partial charge in [-0.15, -0.1) is 0 Å². The summed E-state index contributed by atoms with van der Waals surface area (Å²) in [5, 5.41) is 17.9. The zero-order valence-corrected chi connectivity index (χ0v) is 11.8. The van der Waals surface area contributed by atoms with Crippen molar-refractivity contribution in [3.8, 4) is 6.07 Å². The number of aliphatic carboxylic acids is 1. The zero-order valence-electron chi connectivity index (χ0n) is 11.0. The Labute approximate surface area is 121 Å². The van der Waals surface area contributed by atoms with E-state index < -0.39 is 27.9 Å². The fourth-order valence-corrected chi connectivity index (χ4v) is 4.00. The van der Waals surface area contributed by atoms with E-state index >= 15 is 0 Å². The van der Waals surface area contributed by atoms with Crippen LogP contribution in [0.4, 0.5) is 4.39 Å². The van der Waals surface area contributed by atoms with Gasteiger partial charge in [0.2, 0.25) is 10.0 Å². The molecule has 0 radical (unpaired) electrons. The predicted octanol–water partition coefficient (Wildman–Crippen LogP) is 1.33. The molecule has 1 aliphatic rings. The van der Waals surface area contributed by atoms with Gasteiger partial charge in [-0.2, -0.15) is 9.57 Å². The SMILES string of the molecule is N#Cc1cc(S(=O)(=O)N2CCCC[C@@H]2C(=O)O)ccc1F. The van der Waals surface area contributed by atoms with Crippen molar-refractivity contribution in [3.05, 3.63) is 29.6 Å². The molecule has 1 heterocycles. The first kappa shape index (κ1) is 15.4. The minimum atomic E-state index is -4.07. The van der Waals surface area contributed by atoms with Crippen LogP contribution in [0.1, 0.15) is 24.8 Å². The molecule has 1 aliphatic heterocycles. The Bertz CT molecular complexity index is 711. The van der Waals surface area contributed by atoms with E-state index in [4.69, 9.17) is 10.4 Å². The van der Waals surface area contributed by atoms with Gasteiger partial charge in [0.25, 0.3) is 0 Å². The van der Waals surface area contributed by atoms with Gasteiger partial charge in [-0.25, -0.2) is 12.8 Å². The van der Waals surface area contributed by atoms with Crippen molar-refractivity contribution >= 4 is 16.0 Å². The first-order valence-electron chi connectivity index (χ1n) is 6.32. The molecule has 1 aromatic rings. The number of carbonyl (C=O) groups is 1. The van der Waals surface area contributed by atoms with Crippen molar-refractivity contribution in [1.82, 2.24) is 4.31 Å². The van der Waals surface area contributed by atoms with E-state index in [9.17, 15) is 17.6 Å². The highest BCUT2D eigenvalue weighted by atomic mass is 32.2. The number of carboxylic acids is 1. The molecule has 21 heavy (non-hydrogen) atoms. The zero-order chi connectivity index (χ0) is 15.6. The summed E-state index contributed by atoms with van der Waals surface area (Å²) >= 11 is 0. The van der Waals surface area contributed by atoms with Crippen molar-refractivity contribution in [2.24, 2.45) is 0 Å². The Balaban J connectivity index is 2.46. The minimum Gasteiger partial charge on any atom is -0.480 e. The van der Waals surface area contributed by atoms with Gasteiger partial charge in [-0.05, 0) is 37.5 Å². The molecule has 8 heteroatoms. The second kappa shape index (κ2) is 5.79. The maximum atomic E-state index is 13.3. The third-order valence-corrected chi connectivity index (χ3v) is 5.31. The quantitative estimate of drug-likeness (QED) is 0.907. The van der Waals surface area contributed by atoms with Crippen LogP contribution < -0.4 is 0 Å². The summed E-state index contributed by atoms with van der Waals surface area (Å²) < 4.78 is 39.2. The molecule has 1 N–H and O–H groups in total. The van der Waals surface area contributed by atoms with Gasteiger partial charge >= 0.3 is 5.97 Å². The average molecular weight is 312 g/mol. The fraction of sp³-hybridized carbons (Fsp3) is 0.385. The molecule has 0 bridgehead atoms. The molecule has 0 aromatic heterocycles. The number of benzene rings is 1. The van der Waals surface area contributed by atoms with E-state index in [0.29, 0.717) is 12.8 Å². The summed E-state index contributed by atoms with van der Waals surface area (Å²) in [5.74, 6) is -2.02. The maximum absolute atomic E-state index is 13.3. The smallest absolute Gasteiger partial charge is 0.322 e. The van der Waals surface area contributed by atoms with Crippen LogP contribution in [-0.2, 0) is 14.8 Å². The monoisotopic (exact) mass is 312 g/mol. The van der Waals surface area contributed by atoms with Gasteiger partial charge < -0.3 is 5.11 Å². The number of nitrogens with zero attached hydrogens (tertiary/aromatic N) is 2. The molecule has 0 spiro atoms. The first-order chi connectivity index (χ1) is 9.87. The number of rotatable bonds is 3. The number of halogens is 1. The first-order valence-corrected chi connectivity index (χ1v) is 7.76. The van der Waals surface area contributed by atoms with Crippen molar-refractivity contribution in [1.29, 1.82) is 5.26 Å². The molecule has 0 saturated carbocycles. The number of nitriles is 1. The molecule has 1 atom stereocenters. The number of sulfonamides is 1. The van der Waals surface area contributed by atoms with E-state index in [2.05, 4.69) is 0 Å². The number of carboxylic acid groups (broad SMARTS) is 1. The van der Waals surface area contributed by atoms with Gasteiger partial charge in [0, 0.05) is 6.54 Å². The van der Waals surface area contributed by atoms with Crippen LogP contribution in [0.2, 0.25) is 0 Å². The lowest BCUT2D eigenvalue weighted by Gasteiger charge is -2.31. The molecular formula is C13H13FN2O4S. The highest BCUT2D eigenvalue weighted by Gasteiger charge is 2.37. The van der Waals surface area contributed by atoms with Crippen LogP contribution in [0.25, 0.3) is 0 Å². The van der Waals surface area contributed by atoms with Crippen molar-refractivity contribution in [2.45, 2.75) is 30.2 Å². The Hall–Kier alpha value is -1.98. The third kappa shape index (κ3) is 2.89. The van der Waals surface area contributed by atoms with Gasteiger partial charge in [-0.1, -0.05) is 0 Å². The molecule has 0 unspecified atom stereocenters. The standard InChI is InChI=1S/C13H13FN2O4S/c14-11-5-4-10(7-9(11)8-15)21(19,20)16-6-2-1-3-12(16)13(17)18/h4-5,7,12H,1-3,6H2,(H,17,18)/t12-/m1/s1. The molecule has 0 aliphatic carbocycles. The van der Waals surface area contributed by atoms with Crippen molar-refractivity contribution in [3.63, 3.8) is 0 Å². The van der Waals surface area contributed by atoms with E-state index in [1.54, 1.807) is 6.07 Å². The molecule has 1 fully saturated rings. The summed E-state index contributed by atoms with van der Waals surface area (Å²) in [6.45, 7) is 0.0958. The lowest BCUT2D eigenvalue weighted by atomic mass is 10.1. The topological polar surface area (TPSA) is 98.5 Å².